The van der Waals surface area contributed by atoms with Crippen LogP contribution in [0.5, 0.6) is 5.75 Å². The number of fused-ring (bicyclic) bond motifs is 1. The number of Topliss-reactive ketones (excluding diaryl/α,β-unsaturated/α-hetero) is 1. The van der Waals surface area contributed by atoms with Gasteiger partial charge in [0.25, 0.3) is 0 Å². The molecule has 1 saturated heterocycles. The van der Waals surface area contributed by atoms with Gasteiger partial charge in [-0.15, -0.1) is 24.8 Å². The molecule has 27 heavy (non-hydrogen) atoms. The van der Waals surface area contributed by atoms with Crippen molar-refractivity contribution in [3.05, 3.63) is 47.8 Å². The summed E-state index contributed by atoms with van der Waals surface area (Å²) in [4.78, 5) is 27.8. The van der Waals surface area contributed by atoms with E-state index in [2.05, 4.69) is 10.3 Å². The number of hydrogen-bond donors (Lipinski definition) is 2. The molecule has 0 amide bonds. The number of rotatable bonds is 2. The summed E-state index contributed by atoms with van der Waals surface area (Å²) in [7, 11) is 0. The van der Waals surface area contributed by atoms with Crippen LogP contribution >= 0.6 is 24.8 Å². The van der Waals surface area contributed by atoms with Gasteiger partial charge in [-0.3, -0.25) is 9.78 Å². The first-order chi connectivity index (χ1) is 12.1. The van der Waals surface area contributed by atoms with Gasteiger partial charge in [0.15, 0.2) is 5.78 Å². The smallest absolute Gasteiger partial charge is 0.337 e. The number of carboxylic acid groups (broad SMARTS) is 1. The van der Waals surface area contributed by atoms with Crippen LogP contribution in [0.4, 0.5) is 0 Å². The van der Waals surface area contributed by atoms with Crippen molar-refractivity contribution in [1.29, 1.82) is 0 Å². The van der Waals surface area contributed by atoms with Crippen LogP contribution in [-0.2, 0) is 0 Å². The Hall–Kier alpha value is -2.15. The van der Waals surface area contributed by atoms with Gasteiger partial charge in [-0.2, -0.15) is 0 Å². The average Bonchev–Trinajstić information content (AvgIpc) is 2.62. The van der Waals surface area contributed by atoms with Crippen molar-refractivity contribution in [1.82, 2.24) is 10.3 Å². The van der Waals surface area contributed by atoms with Crippen molar-refractivity contribution in [3.63, 3.8) is 0 Å². The summed E-state index contributed by atoms with van der Waals surface area (Å²) in [6, 6.07) is 6.97. The molecule has 0 aliphatic carbocycles. The number of ketones is 1. The minimum absolute atomic E-state index is 0. The number of carbonyl (C=O) groups excluding carboxylic acids is 1. The second kappa shape index (κ2) is 8.25. The molecular formula is C19H20Cl2N2O4. The van der Waals surface area contributed by atoms with Crippen molar-refractivity contribution in [2.45, 2.75) is 24.9 Å². The van der Waals surface area contributed by atoms with E-state index in [-0.39, 0.29) is 41.8 Å². The molecule has 1 aromatic heterocycles. The van der Waals surface area contributed by atoms with Crippen LogP contribution in [0.1, 0.15) is 40.0 Å². The van der Waals surface area contributed by atoms with Crippen LogP contribution in [0.2, 0.25) is 0 Å². The first-order valence-corrected chi connectivity index (χ1v) is 8.32. The van der Waals surface area contributed by atoms with Crippen LogP contribution in [0, 0.1) is 0 Å². The standard InChI is InChI=1S/C19H18N2O4.2ClH/c22-16-9-19(3-5-20-6-4-19)25-17-2-1-12(8-15(16)17)13-7-14(18(23)24)11-21-10-13;;/h1-2,7-8,10-11,20H,3-6,9H2,(H,23,24);2*1H. The Balaban J connectivity index is 0.00000131. The van der Waals surface area contributed by atoms with Crippen molar-refractivity contribution in [3.8, 4) is 16.9 Å². The van der Waals surface area contributed by atoms with Gasteiger partial charge in [0.2, 0.25) is 0 Å². The third-order valence-electron chi connectivity index (χ3n) is 4.92. The fraction of sp³-hybridized carbons (Fsp3) is 0.316. The molecule has 2 N–H and O–H groups in total. The zero-order valence-electron chi connectivity index (χ0n) is 14.4. The lowest BCUT2D eigenvalue weighted by Gasteiger charge is -2.41. The summed E-state index contributed by atoms with van der Waals surface area (Å²) in [6.07, 6.45) is 4.93. The van der Waals surface area contributed by atoms with Gasteiger partial charge in [0, 0.05) is 30.8 Å². The maximum atomic E-state index is 12.7. The molecule has 2 aliphatic rings. The molecule has 1 fully saturated rings. The van der Waals surface area contributed by atoms with Gasteiger partial charge in [-0.05, 0) is 36.9 Å². The van der Waals surface area contributed by atoms with E-state index in [1.165, 1.54) is 6.20 Å². The maximum Gasteiger partial charge on any atom is 0.337 e. The number of nitrogens with zero attached hydrogens (tertiary/aromatic N) is 1. The zero-order chi connectivity index (χ0) is 17.4. The lowest BCUT2D eigenvalue weighted by atomic mass is 9.82. The molecule has 1 spiro atoms. The summed E-state index contributed by atoms with van der Waals surface area (Å²) >= 11 is 0. The molecule has 6 nitrogen and oxygen atoms in total. The Morgan fingerprint density at radius 1 is 1.11 bits per heavy atom. The van der Waals surface area contributed by atoms with Crippen LogP contribution in [0.25, 0.3) is 11.1 Å². The van der Waals surface area contributed by atoms with E-state index in [9.17, 15) is 9.59 Å². The molecule has 8 heteroatoms. The summed E-state index contributed by atoms with van der Waals surface area (Å²) in [6.45, 7) is 1.71. The highest BCUT2D eigenvalue weighted by atomic mass is 35.5. The largest absolute Gasteiger partial charge is 0.486 e. The molecule has 0 radical (unpaired) electrons. The number of piperidine rings is 1. The molecule has 1 aromatic carbocycles. The van der Waals surface area contributed by atoms with E-state index in [4.69, 9.17) is 9.84 Å². The number of benzene rings is 1. The molecule has 0 bridgehead atoms. The molecule has 2 aliphatic heterocycles. The highest BCUT2D eigenvalue weighted by Crippen LogP contribution is 2.39. The summed E-state index contributed by atoms with van der Waals surface area (Å²) in [5.74, 6) is -0.337. The Morgan fingerprint density at radius 3 is 2.56 bits per heavy atom. The third-order valence-corrected chi connectivity index (χ3v) is 4.92. The first-order valence-electron chi connectivity index (χ1n) is 8.32. The summed E-state index contributed by atoms with van der Waals surface area (Å²) in [5, 5.41) is 12.4. The molecule has 0 saturated carbocycles. The number of carbonyl (C=O) groups is 2. The fourth-order valence-electron chi connectivity index (χ4n) is 3.55. The molecule has 3 heterocycles. The Bertz CT molecular complexity index is 867. The number of hydrogen-bond acceptors (Lipinski definition) is 5. The van der Waals surface area contributed by atoms with Gasteiger partial charge in [-0.25, -0.2) is 4.79 Å². The number of pyridine rings is 1. The quantitative estimate of drug-likeness (QED) is 0.788. The van der Waals surface area contributed by atoms with Gasteiger partial charge >= 0.3 is 5.97 Å². The number of aromatic carboxylic acids is 1. The highest BCUT2D eigenvalue weighted by Gasteiger charge is 2.41. The number of carboxylic acids is 1. The van der Waals surface area contributed by atoms with Crippen molar-refractivity contribution < 1.29 is 19.4 Å². The van der Waals surface area contributed by atoms with Crippen LogP contribution in [0.3, 0.4) is 0 Å². The second-order valence-electron chi connectivity index (χ2n) is 6.61. The van der Waals surface area contributed by atoms with Crippen LogP contribution in [-0.4, -0.2) is 40.5 Å². The van der Waals surface area contributed by atoms with Crippen LogP contribution in [0.15, 0.2) is 36.7 Å². The lowest BCUT2D eigenvalue weighted by Crippen LogP contribution is -2.49. The fourth-order valence-corrected chi connectivity index (χ4v) is 3.55. The minimum Gasteiger partial charge on any atom is -0.486 e. The minimum atomic E-state index is -1.03. The maximum absolute atomic E-state index is 12.7. The average molecular weight is 411 g/mol. The number of ether oxygens (including phenoxy) is 1. The molecule has 0 atom stereocenters. The lowest BCUT2D eigenvalue weighted by molar-refractivity contribution is 0.0187. The van der Waals surface area contributed by atoms with Crippen molar-refractivity contribution >= 4 is 36.6 Å². The molecule has 2 aromatic rings. The van der Waals surface area contributed by atoms with E-state index in [1.807, 2.05) is 6.07 Å². The van der Waals surface area contributed by atoms with Crippen LogP contribution < -0.4 is 10.1 Å². The van der Waals surface area contributed by atoms with E-state index < -0.39 is 5.97 Å². The van der Waals surface area contributed by atoms with E-state index >= 15 is 0 Å². The van der Waals surface area contributed by atoms with Crippen molar-refractivity contribution in [2.75, 3.05) is 13.1 Å². The predicted octanol–water partition coefficient (Wildman–Crippen LogP) is 3.38. The SMILES string of the molecule is Cl.Cl.O=C(O)c1cncc(-c2ccc3c(c2)C(=O)CC2(CCNCC2)O3)c1. The van der Waals surface area contributed by atoms with E-state index in [0.717, 1.165) is 31.5 Å². The molecular weight excluding hydrogens is 391 g/mol. The monoisotopic (exact) mass is 410 g/mol. The Labute approximate surface area is 169 Å². The number of halogens is 2. The van der Waals surface area contributed by atoms with Gasteiger partial charge < -0.3 is 15.2 Å². The number of nitrogens with one attached hydrogen (secondary N) is 1. The topological polar surface area (TPSA) is 88.5 Å². The zero-order valence-corrected chi connectivity index (χ0v) is 16.1. The predicted molar refractivity (Wildman–Crippen MR) is 106 cm³/mol. The van der Waals surface area contributed by atoms with Gasteiger partial charge in [0.05, 0.1) is 17.5 Å². The van der Waals surface area contributed by atoms with E-state index in [0.29, 0.717) is 23.3 Å². The van der Waals surface area contributed by atoms with Gasteiger partial charge in [-0.1, -0.05) is 6.07 Å². The summed E-state index contributed by atoms with van der Waals surface area (Å²) in [5.41, 5.74) is 1.71. The highest BCUT2D eigenvalue weighted by molar-refractivity contribution is 6.01. The van der Waals surface area contributed by atoms with Gasteiger partial charge in [0.1, 0.15) is 11.4 Å². The molecule has 144 valence electrons. The molecule has 0 unspecified atom stereocenters. The van der Waals surface area contributed by atoms with E-state index in [1.54, 1.807) is 24.4 Å². The normalized spacial score (nSPS) is 17.1. The summed E-state index contributed by atoms with van der Waals surface area (Å²) < 4.78 is 6.21. The van der Waals surface area contributed by atoms with Crippen molar-refractivity contribution in [2.24, 2.45) is 0 Å². The first kappa shape index (κ1) is 21.2. The Morgan fingerprint density at radius 2 is 1.85 bits per heavy atom. The number of aromatic nitrogens is 1. The molecule has 4 rings (SSSR count). The Kier molecular flexibility index (Phi) is 6.46. The third kappa shape index (κ3) is 4.08. The second-order valence-corrected chi connectivity index (χ2v) is 6.61.